The summed E-state index contributed by atoms with van der Waals surface area (Å²) in [7, 11) is 0. The van der Waals surface area contributed by atoms with Gasteiger partial charge in [-0.15, -0.1) is 0 Å². The van der Waals surface area contributed by atoms with Gasteiger partial charge in [0.15, 0.2) is 0 Å². The number of azide groups is 1. The Kier molecular flexibility index (Phi) is 4.85. The quantitative estimate of drug-likeness (QED) is 0.481. The van der Waals surface area contributed by atoms with Crippen LogP contribution in [0.3, 0.4) is 0 Å². The van der Waals surface area contributed by atoms with Crippen molar-refractivity contribution in [3.05, 3.63) is 46.3 Å². The number of carbonyl (C=O) groups excluding carboxylic acids is 1. The minimum Gasteiger partial charge on any atom is -0.445 e. The molecule has 2 rings (SSSR count). The number of piperidine rings is 1. The molecule has 20 heavy (non-hydrogen) atoms. The van der Waals surface area contributed by atoms with Gasteiger partial charge in [0.25, 0.3) is 0 Å². The first-order valence-corrected chi connectivity index (χ1v) is 6.69. The molecule has 1 saturated heterocycles. The van der Waals surface area contributed by atoms with Gasteiger partial charge in [0.05, 0.1) is 6.04 Å². The summed E-state index contributed by atoms with van der Waals surface area (Å²) in [6, 6.07) is 9.40. The van der Waals surface area contributed by atoms with Crippen molar-refractivity contribution in [2.24, 2.45) is 11.0 Å². The number of benzene rings is 1. The van der Waals surface area contributed by atoms with Crippen molar-refractivity contribution in [3.8, 4) is 0 Å². The second kappa shape index (κ2) is 6.82. The first kappa shape index (κ1) is 14.2. The van der Waals surface area contributed by atoms with Crippen LogP contribution in [0.5, 0.6) is 0 Å². The molecule has 2 atom stereocenters. The highest BCUT2D eigenvalue weighted by molar-refractivity contribution is 5.67. The Balaban J connectivity index is 1.89. The summed E-state index contributed by atoms with van der Waals surface area (Å²) >= 11 is 0. The second-order valence-electron chi connectivity index (χ2n) is 5.14. The first-order valence-electron chi connectivity index (χ1n) is 6.69. The molecule has 1 amide bonds. The molecule has 0 radical (unpaired) electrons. The molecule has 6 heteroatoms. The Morgan fingerprint density at radius 1 is 1.45 bits per heavy atom. The maximum atomic E-state index is 12.0. The van der Waals surface area contributed by atoms with Gasteiger partial charge >= 0.3 is 6.09 Å². The normalized spacial score (nSPS) is 21.9. The molecule has 0 N–H and O–H groups in total. The van der Waals surface area contributed by atoms with Crippen LogP contribution >= 0.6 is 0 Å². The number of ether oxygens (including phenoxy) is 1. The lowest BCUT2D eigenvalue weighted by Crippen LogP contribution is -2.45. The molecule has 1 aromatic rings. The summed E-state index contributed by atoms with van der Waals surface area (Å²) in [5, 5.41) is 3.72. The van der Waals surface area contributed by atoms with E-state index in [1.165, 1.54) is 0 Å². The van der Waals surface area contributed by atoms with Crippen LogP contribution in [-0.2, 0) is 11.3 Å². The van der Waals surface area contributed by atoms with Gasteiger partial charge in [-0.2, -0.15) is 0 Å². The minimum absolute atomic E-state index is 0.159. The highest BCUT2D eigenvalue weighted by atomic mass is 16.6. The van der Waals surface area contributed by atoms with Crippen molar-refractivity contribution in [3.63, 3.8) is 0 Å². The zero-order valence-electron chi connectivity index (χ0n) is 11.5. The Hall–Kier alpha value is -2.20. The van der Waals surface area contributed by atoms with Gasteiger partial charge in [-0.3, -0.25) is 0 Å². The number of hydrogen-bond donors (Lipinski definition) is 0. The zero-order valence-corrected chi connectivity index (χ0v) is 11.5. The molecule has 0 bridgehead atoms. The molecule has 0 spiro atoms. The predicted octanol–water partition coefficient (Wildman–Crippen LogP) is 3.34. The van der Waals surface area contributed by atoms with Crippen LogP contribution in [0.2, 0.25) is 0 Å². The molecule has 6 nitrogen and oxygen atoms in total. The minimum atomic E-state index is -0.349. The summed E-state index contributed by atoms with van der Waals surface area (Å²) in [4.78, 5) is 16.5. The first-order chi connectivity index (χ1) is 9.69. The maximum absolute atomic E-state index is 12.0. The summed E-state index contributed by atoms with van der Waals surface area (Å²) in [6.07, 6.45) is 0.463. The predicted molar refractivity (Wildman–Crippen MR) is 74.9 cm³/mol. The van der Waals surface area contributed by atoms with Crippen molar-refractivity contribution in [2.75, 3.05) is 13.1 Å². The number of amides is 1. The Morgan fingerprint density at radius 3 is 2.90 bits per heavy atom. The van der Waals surface area contributed by atoms with E-state index in [4.69, 9.17) is 10.3 Å². The maximum Gasteiger partial charge on any atom is 0.410 e. The standard InChI is InChI=1S/C14H18N4O2/c1-11-7-13(16-17-15)9-18(8-11)14(19)20-10-12-5-3-2-4-6-12/h2-6,11,13H,7-10H2,1H3/t11-,13-/m0/s1. The van der Waals surface area contributed by atoms with Crippen LogP contribution in [-0.4, -0.2) is 30.1 Å². The van der Waals surface area contributed by atoms with Crippen LogP contribution in [0, 0.1) is 5.92 Å². The topological polar surface area (TPSA) is 78.3 Å². The molecule has 1 fully saturated rings. The van der Waals surface area contributed by atoms with Gasteiger partial charge in [-0.25, -0.2) is 4.79 Å². The van der Waals surface area contributed by atoms with E-state index in [2.05, 4.69) is 10.0 Å². The van der Waals surface area contributed by atoms with Crippen LogP contribution in [0.1, 0.15) is 18.9 Å². The molecule has 1 aromatic carbocycles. The molecule has 0 aliphatic carbocycles. The molecule has 0 saturated carbocycles. The molecular weight excluding hydrogens is 256 g/mol. The zero-order chi connectivity index (χ0) is 14.4. The highest BCUT2D eigenvalue weighted by Crippen LogP contribution is 2.19. The number of likely N-dealkylation sites (tertiary alicyclic amines) is 1. The molecule has 1 aliphatic rings. The van der Waals surface area contributed by atoms with Gasteiger partial charge in [0.1, 0.15) is 6.61 Å². The van der Waals surface area contributed by atoms with Crippen molar-refractivity contribution >= 4 is 6.09 Å². The Bertz CT molecular complexity index is 499. The second-order valence-corrected chi connectivity index (χ2v) is 5.14. The highest BCUT2D eigenvalue weighted by Gasteiger charge is 2.28. The van der Waals surface area contributed by atoms with Crippen molar-refractivity contribution in [2.45, 2.75) is 26.0 Å². The van der Waals surface area contributed by atoms with Crippen molar-refractivity contribution in [1.29, 1.82) is 0 Å². The average Bonchev–Trinajstić information content (AvgIpc) is 2.45. The summed E-state index contributed by atoms with van der Waals surface area (Å²) in [5.74, 6) is 0.309. The average molecular weight is 274 g/mol. The fourth-order valence-electron chi connectivity index (χ4n) is 2.44. The van der Waals surface area contributed by atoms with Gasteiger partial charge in [0, 0.05) is 18.0 Å². The van der Waals surface area contributed by atoms with E-state index >= 15 is 0 Å². The monoisotopic (exact) mass is 274 g/mol. The van der Waals surface area contributed by atoms with Crippen LogP contribution in [0.25, 0.3) is 10.4 Å². The molecule has 1 aliphatic heterocycles. The van der Waals surface area contributed by atoms with Crippen LogP contribution in [0.4, 0.5) is 4.79 Å². The molecule has 0 unspecified atom stereocenters. The van der Waals surface area contributed by atoms with E-state index < -0.39 is 0 Å². The van der Waals surface area contributed by atoms with Gasteiger partial charge in [-0.05, 0) is 23.4 Å². The smallest absolute Gasteiger partial charge is 0.410 e. The number of rotatable bonds is 3. The van der Waals surface area contributed by atoms with Crippen LogP contribution in [0.15, 0.2) is 35.4 Å². The molecular formula is C14H18N4O2. The summed E-state index contributed by atoms with van der Waals surface area (Å²) < 4.78 is 5.29. The van der Waals surface area contributed by atoms with Crippen molar-refractivity contribution < 1.29 is 9.53 Å². The number of hydrogen-bond acceptors (Lipinski definition) is 3. The summed E-state index contributed by atoms with van der Waals surface area (Å²) in [5.41, 5.74) is 9.46. The lowest BCUT2D eigenvalue weighted by molar-refractivity contribution is 0.0767. The van der Waals surface area contributed by atoms with Crippen LogP contribution < -0.4 is 0 Å². The van der Waals surface area contributed by atoms with E-state index in [-0.39, 0.29) is 18.7 Å². The fourth-order valence-corrected chi connectivity index (χ4v) is 2.44. The van der Waals surface area contributed by atoms with Gasteiger partial charge in [-0.1, -0.05) is 42.4 Å². The van der Waals surface area contributed by atoms with Gasteiger partial charge in [0.2, 0.25) is 0 Å². The van der Waals surface area contributed by atoms with E-state index in [1.807, 2.05) is 37.3 Å². The van der Waals surface area contributed by atoms with E-state index in [1.54, 1.807) is 4.90 Å². The SMILES string of the molecule is C[C@H]1C[C@H](N=[N+]=[N-])CN(C(=O)OCc2ccccc2)C1. The lowest BCUT2D eigenvalue weighted by Gasteiger charge is -2.33. The largest absolute Gasteiger partial charge is 0.445 e. The third kappa shape index (κ3) is 3.90. The van der Waals surface area contributed by atoms with E-state index in [0.29, 0.717) is 19.0 Å². The Labute approximate surface area is 118 Å². The summed E-state index contributed by atoms with van der Waals surface area (Å²) in [6.45, 7) is 3.38. The fraction of sp³-hybridized carbons (Fsp3) is 0.500. The third-order valence-corrected chi connectivity index (χ3v) is 3.32. The molecule has 0 aromatic heterocycles. The third-order valence-electron chi connectivity index (χ3n) is 3.32. The van der Waals surface area contributed by atoms with Gasteiger partial charge < -0.3 is 9.64 Å². The number of carbonyl (C=O) groups is 1. The van der Waals surface area contributed by atoms with Crippen molar-refractivity contribution in [1.82, 2.24) is 4.90 Å². The Morgan fingerprint density at radius 2 is 2.20 bits per heavy atom. The van der Waals surface area contributed by atoms with E-state index in [9.17, 15) is 4.79 Å². The molecule has 1 heterocycles. The number of nitrogens with zero attached hydrogens (tertiary/aromatic N) is 4. The van der Waals surface area contributed by atoms with E-state index in [0.717, 1.165) is 12.0 Å². The molecule has 106 valence electrons. The lowest BCUT2D eigenvalue weighted by atomic mass is 9.97.